The van der Waals surface area contributed by atoms with Crippen LogP contribution in [0.25, 0.3) is 0 Å². The van der Waals surface area contributed by atoms with Crippen molar-refractivity contribution in [3.05, 3.63) is 0 Å². The van der Waals surface area contributed by atoms with Gasteiger partial charge in [0.15, 0.2) is 0 Å². The highest BCUT2D eigenvalue weighted by Gasteiger charge is 2.18. The van der Waals surface area contributed by atoms with E-state index in [1.165, 1.54) is 0 Å². The van der Waals surface area contributed by atoms with E-state index in [1.807, 2.05) is 0 Å². The molecule has 11 heavy (non-hydrogen) atoms. The Kier molecular flexibility index (Phi) is 3.16. The molecule has 1 aliphatic heterocycles. The number of nitrogens with zero attached hydrogens (tertiary/aromatic N) is 1. The number of rotatable bonds is 2. The highest BCUT2D eigenvalue weighted by Crippen LogP contribution is 2.08. The van der Waals surface area contributed by atoms with Crippen molar-refractivity contribution in [2.75, 3.05) is 26.3 Å². The minimum atomic E-state index is -0.295. The lowest BCUT2D eigenvalue weighted by molar-refractivity contribution is 0.0907. The Morgan fingerprint density at radius 3 is 2.64 bits per heavy atom. The van der Waals surface area contributed by atoms with Crippen LogP contribution in [0.15, 0.2) is 0 Å². The molecule has 4 nitrogen and oxygen atoms in total. The van der Waals surface area contributed by atoms with Crippen LogP contribution in [-0.4, -0.2) is 42.4 Å². The van der Waals surface area contributed by atoms with E-state index < -0.39 is 0 Å². The van der Waals surface area contributed by atoms with Crippen molar-refractivity contribution in [3.63, 3.8) is 0 Å². The first kappa shape index (κ1) is 8.33. The molecule has 64 valence electrons. The zero-order valence-electron chi connectivity index (χ0n) is 6.45. The molecule has 1 heterocycles. The molecule has 0 radical (unpaired) electrons. The van der Waals surface area contributed by atoms with E-state index in [9.17, 15) is 4.79 Å². The average molecular weight is 159 g/mol. The second-order valence-electron chi connectivity index (χ2n) is 2.53. The first-order valence-electron chi connectivity index (χ1n) is 3.87. The zero-order chi connectivity index (χ0) is 8.10. The maximum absolute atomic E-state index is 11.0. The highest BCUT2D eigenvalue weighted by atomic mass is 16.6. The van der Waals surface area contributed by atoms with Gasteiger partial charge in [-0.1, -0.05) is 0 Å². The standard InChI is InChI=1S/C7H13NO3/c9-5-6-11-7(10)8-3-1-2-4-8/h9H,1-6H2. The van der Waals surface area contributed by atoms with E-state index in [0.717, 1.165) is 25.9 Å². The van der Waals surface area contributed by atoms with Crippen LogP contribution in [0.3, 0.4) is 0 Å². The predicted molar refractivity (Wildman–Crippen MR) is 39.2 cm³/mol. The summed E-state index contributed by atoms with van der Waals surface area (Å²) in [6, 6.07) is 0. The number of hydrogen-bond acceptors (Lipinski definition) is 3. The number of ether oxygens (including phenoxy) is 1. The van der Waals surface area contributed by atoms with E-state index in [2.05, 4.69) is 0 Å². The van der Waals surface area contributed by atoms with Gasteiger partial charge in [0, 0.05) is 13.1 Å². The van der Waals surface area contributed by atoms with Gasteiger partial charge in [-0.15, -0.1) is 0 Å². The smallest absolute Gasteiger partial charge is 0.409 e. The van der Waals surface area contributed by atoms with Gasteiger partial charge in [0.1, 0.15) is 6.61 Å². The molecule has 1 amide bonds. The Bertz CT molecular complexity index is 132. The van der Waals surface area contributed by atoms with Crippen LogP contribution in [0, 0.1) is 0 Å². The number of carbonyl (C=O) groups is 1. The zero-order valence-corrected chi connectivity index (χ0v) is 6.45. The first-order chi connectivity index (χ1) is 5.34. The number of amides is 1. The molecular weight excluding hydrogens is 146 g/mol. The third-order valence-corrected chi connectivity index (χ3v) is 1.68. The summed E-state index contributed by atoms with van der Waals surface area (Å²) in [7, 11) is 0. The topological polar surface area (TPSA) is 49.8 Å². The summed E-state index contributed by atoms with van der Waals surface area (Å²) in [5.41, 5.74) is 0. The normalized spacial score (nSPS) is 17.0. The molecule has 0 atom stereocenters. The van der Waals surface area contributed by atoms with Gasteiger partial charge in [0.2, 0.25) is 0 Å². The summed E-state index contributed by atoms with van der Waals surface area (Å²) in [4.78, 5) is 12.7. The van der Waals surface area contributed by atoms with Crippen LogP contribution in [0.4, 0.5) is 4.79 Å². The van der Waals surface area contributed by atoms with Crippen LogP contribution in [0.5, 0.6) is 0 Å². The number of likely N-dealkylation sites (tertiary alicyclic amines) is 1. The van der Waals surface area contributed by atoms with Crippen LogP contribution in [0.2, 0.25) is 0 Å². The van der Waals surface area contributed by atoms with E-state index in [-0.39, 0.29) is 19.3 Å². The van der Waals surface area contributed by atoms with Crippen LogP contribution in [-0.2, 0) is 4.74 Å². The molecule has 0 unspecified atom stereocenters. The van der Waals surface area contributed by atoms with E-state index in [1.54, 1.807) is 4.90 Å². The minimum absolute atomic E-state index is 0.0976. The molecule has 0 saturated carbocycles. The third-order valence-electron chi connectivity index (χ3n) is 1.68. The summed E-state index contributed by atoms with van der Waals surface area (Å²) in [6.07, 6.45) is 1.83. The summed E-state index contributed by atoms with van der Waals surface area (Å²) >= 11 is 0. The Morgan fingerprint density at radius 1 is 1.45 bits per heavy atom. The fourth-order valence-electron chi connectivity index (χ4n) is 1.12. The molecule has 4 heteroatoms. The van der Waals surface area contributed by atoms with E-state index >= 15 is 0 Å². The summed E-state index contributed by atoms with van der Waals surface area (Å²) in [5.74, 6) is 0. The molecule has 1 aliphatic rings. The number of hydrogen-bond donors (Lipinski definition) is 1. The largest absolute Gasteiger partial charge is 0.447 e. The van der Waals surface area contributed by atoms with Gasteiger partial charge in [0.25, 0.3) is 0 Å². The molecule has 0 bridgehead atoms. The van der Waals surface area contributed by atoms with Crippen molar-refractivity contribution in [1.29, 1.82) is 0 Å². The van der Waals surface area contributed by atoms with Crippen LogP contribution < -0.4 is 0 Å². The highest BCUT2D eigenvalue weighted by molar-refractivity contribution is 5.67. The quantitative estimate of drug-likeness (QED) is 0.626. The lowest BCUT2D eigenvalue weighted by atomic mass is 10.4. The third kappa shape index (κ3) is 2.38. The molecule has 0 aliphatic carbocycles. The van der Waals surface area contributed by atoms with E-state index in [0.29, 0.717) is 0 Å². The fraction of sp³-hybridized carbons (Fsp3) is 0.857. The number of carbonyl (C=O) groups excluding carboxylic acids is 1. The van der Waals surface area contributed by atoms with Crippen molar-refractivity contribution in [3.8, 4) is 0 Å². The van der Waals surface area contributed by atoms with Crippen molar-refractivity contribution in [1.82, 2.24) is 4.90 Å². The van der Waals surface area contributed by atoms with Gasteiger partial charge < -0.3 is 14.7 Å². The molecule has 1 N–H and O–H groups in total. The summed E-state index contributed by atoms with van der Waals surface area (Å²) < 4.78 is 4.71. The molecule has 1 saturated heterocycles. The lowest BCUT2D eigenvalue weighted by Crippen LogP contribution is -2.29. The molecule has 1 fully saturated rings. The number of aliphatic hydroxyl groups excluding tert-OH is 1. The Balaban J connectivity index is 2.17. The van der Waals surface area contributed by atoms with Gasteiger partial charge >= 0.3 is 6.09 Å². The second-order valence-corrected chi connectivity index (χ2v) is 2.53. The van der Waals surface area contributed by atoms with Gasteiger partial charge in [-0.3, -0.25) is 0 Å². The first-order valence-corrected chi connectivity index (χ1v) is 3.87. The molecule has 0 aromatic carbocycles. The predicted octanol–water partition coefficient (Wildman–Crippen LogP) is 0.211. The summed E-state index contributed by atoms with van der Waals surface area (Å²) in [6.45, 7) is 1.60. The van der Waals surface area contributed by atoms with Gasteiger partial charge in [-0.2, -0.15) is 0 Å². The average Bonchev–Trinajstić information content (AvgIpc) is 2.52. The number of aliphatic hydroxyl groups is 1. The lowest BCUT2D eigenvalue weighted by Gasteiger charge is -2.13. The molecule has 1 rings (SSSR count). The van der Waals surface area contributed by atoms with Gasteiger partial charge in [0.05, 0.1) is 6.61 Å². The van der Waals surface area contributed by atoms with Crippen molar-refractivity contribution >= 4 is 6.09 Å². The monoisotopic (exact) mass is 159 g/mol. The molecule has 0 aromatic heterocycles. The summed E-state index contributed by atoms with van der Waals surface area (Å²) in [5, 5.41) is 8.36. The minimum Gasteiger partial charge on any atom is -0.447 e. The van der Waals surface area contributed by atoms with Crippen LogP contribution in [0.1, 0.15) is 12.8 Å². The molecule has 0 aromatic rings. The Labute approximate surface area is 65.8 Å². The SMILES string of the molecule is O=C(OCCO)N1CCCC1. The van der Waals surface area contributed by atoms with Crippen molar-refractivity contribution in [2.24, 2.45) is 0 Å². The van der Waals surface area contributed by atoms with Crippen molar-refractivity contribution < 1.29 is 14.6 Å². The maximum Gasteiger partial charge on any atom is 0.409 e. The second kappa shape index (κ2) is 4.18. The van der Waals surface area contributed by atoms with Crippen LogP contribution >= 0.6 is 0 Å². The molecular formula is C7H13NO3. The van der Waals surface area contributed by atoms with E-state index in [4.69, 9.17) is 9.84 Å². The van der Waals surface area contributed by atoms with Gasteiger partial charge in [-0.05, 0) is 12.8 Å². The Hall–Kier alpha value is -0.770. The van der Waals surface area contributed by atoms with Crippen molar-refractivity contribution in [2.45, 2.75) is 12.8 Å². The Morgan fingerprint density at radius 2 is 2.09 bits per heavy atom. The molecule has 0 spiro atoms. The van der Waals surface area contributed by atoms with Gasteiger partial charge in [-0.25, -0.2) is 4.79 Å². The maximum atomic E-state index is 11.0. The fourth-order valence-corrected chi connectivity index (χ4v) is 1.12.